The number of para-hydroxylation sites is 3. The van der Waals surface area contributed by atoms with Gasteiger partial charge in [0.05, 0.1) is 17.7 Å². The molecule has 0 aliphatic carbocycles. The van der Waals surface area contributed by atoms with Gasteiger partial charge in [-0.3, -0.25) is 19.2 Å². The minimum atomic E-state index is -0.972. The molecular weight excluding hydrogens is 440 g/mol. The minimum Gasteiger partial charge on any atom is -0.485 e. The number of nitrogens with zero attached hydrogens (tertiary/aromatic N) is 2. The summed E-state index contributed by atoms with van der Waals surface area (Å²) in [6.07, 6.45) is -0.890. The lowest BCUT2D eigenvalue weighted by molar-refractivity contribution is -0.146. The van der Waals surface area contributed by atoms with Crippen LogP contribution in [0.15, 0.2) is 48.5 Å². The third kappa shape index (κ3) is 4.26. The van der Waals surface area contributed by atoms with Crippen molar-refractivity contribution in [3.63, 3.8) is 0 Å². The van der Waals surface area contributed by atoms with Crippen LogP contribution in [0.25, 0.3) is 0 Å². The van der Waals surface area contributed by atoms with Crippen LogP contribution in [0.3, 0.4) is 0 Å². The number of piperazine rings is 1. The van der Waals surface area contributed by atoms with Gasteiger partial charge in [0.25, 0.3) is 11.8 Å². The number of carbonyl (C=O) groups is 4. The average molecular weight is 464 g/mol. The number of amides is 4. The second-order valence-corrected chi connectivity index (χ2v) is 8.34. The van der Waals surface area contributed by atoms with E-state index in [-0.39, 0.29) is 24.8 Å². The molecule has 2 atom stereocenters. The first-order valence-corrected chi connectivity index (χ1v) is 11.2. The zero-order chi connectivity index (χ0) is 23.7. The van der Waals surface area contributed by atoms with E-state index < -0.39 is 24.0 Å². The van der Waals surface area contributed by atoms with E-state index in [4.69, 9.17) is 9.47 Å². The van der Waals surface area contributed by atoms with Crippen molar-refractivity contribution < 1.29 is 28.7 Å². The van der Waals surface area contributed by atoms with Gasteiger partial charge < -0.3 is 29.9 Å². The molecule has 3 heterocycles. The minimum absolute atomic E-state index is 0.133. The summed E-state index contributed by atoms with van der Waals surface area (Å²) in [6, 6.07) is 12.9. The molecule has 10 nitrogen and oxygen atoms in total. The van der Waals surface area contributed by atoms with Crippen LogP contribution in [0.1, 0.15) is 16.8 Å². The molecule has 0 saturated carbocycles. The number of hydrogen-bond acceptors (Lipinski definition) is 6. The number of benzene rings is 2. The topological polar surface area (TPSA) is 117 Å². The van der Waals surface area contributed by atoms with Crippen molar-refractivity contribution in [3.05, 3.63) is 54.1 Å². The Labute approximate surface area is 195 Å². The van der Waals surface area contributed by atoms with Crippen molar-refractivity contribution in [2.45, 2.75) is 18.6 Å². The molecular formula is C24H24N4O6. The predicted molar refractivity (Wildman–Crippen MR) is 120 cm³/mol. The SMILES string of the molecule is O=C1N[C@@H](CC(=O)N2CCN(C(=O)[C@@H]3COc4ccccc4O3)CC2)C(=O)Nc2ccccc21. The van der Waals surface area contributed by atoms with Gasteiger partial charge >= 0.3 is 0 Å². The van der Waals surface area contributed by atoms with Gasteiger partial charge in [0.15, 0.2) is 11.5 Å². The molecule has 3 aliphatic rings. The fraction of sp³-hybridized carbons (Fsp3) is 0.333. The molecule has 1 saturated heterocycles. The average Bonchev–Trinajstić information content (AvgIpc) is 2.99. The van der Waals surface area contributed by atoms with Gasteiger partial charge in [0.2, 0.25) is 17.9 Å². The molecule has 0 aromatic heterocycles. The molecule has 1 fully saturated rings. The third-order valence-corrected chi connectivity index (χ3v) is 6.16. The Morgan fingerprint density at radius 2 is 1.59 bits per heavy atom. The normalized spacial score (nSPS) is 21.6. The van der Waals surface area contributed by atoms with Crippen molar-refractivity contribution in [3.8, 4) is 11.5 Å². The predicted octanol–water partition coefficient (Wildman–Crippen LogP) is 0.638. The first-order valence-electron chi connectivity index (χ1n) is 11.2. The van der Waals surface area contributed by atoms with Crippen LogP contribution in [0, 0.1) is 0 Å². The number of hydrogen-bond donors (Lipinski definition) is 2. The quantitative estimate of drug-likeness (QED) is 0.689. The second kappa shape index (κ2) is 9.05. The molecule has 34 heavy (non-hydrogen) atoms. The van der Waals surface area contributed by atoms with E-state index in [2.05, 4.69) is 10.6 Å². The van der Waals surface area contributed by atoms with Crippen molar-refractivity contribution in [1.29, 1.82) is 0 Å². The monoisotopic (exact) mass is 464 g/mol. The van der Waals surface area contributed by atoms with Crippen molar-refractivity contribution in [2.75, 3.05) is 38.1 Å². The fourth-order valence-electron chi connectivity index (χ4n) is 4.28. The second-order valence-electron chi connectivity index (χ2n) is 8.34. The van der Waals surface area contributed by atoms with E-state index >= 15 is 0 Å². The summed E-state index contributed by atoms with van der Waals surface area (Å²) in [5.41, 5.74) is 0.776. The lowest BCUT2D eigenvalue weighted by Crippen LogP contribution is -2.56. The highest BCUT2D eigenvalue weighted by molar-refractivity contribution is 6.10. The van der Waals surface area contributed by atoms with Gasteiger partial charge in [-0.2, -0.15) is 0 Å². The smallest absolute Gasteiger partial charge is 0.267 e. The molecule has 4 amide bonds. The van der Waals surface area contributed by atoms with Crippen molar-refractivity contribution >= 4 is 29.3 Å². The Kier molecular flexibility index (Phi) is 5.79. The number of fused-ring (bicyclic) bond motifs is 2. The van der Waals surface area contributed by atoms with Gasteiger partial charge in [-0.1, -0.05) is 24.3 Å². The number of ether oxygens (including phenoxy) is 2. The van der Waals surface area contributed by atoms with Crippen LogP contribution in [0.4, 0.5) is 5.69 Å². The van der Waals surface area contributed by atoms with E-state index in [1.54, 1.807) is 46.2 Å². The highest BCUT2D eigenvalue weighted by Crippen LogP contribution is 2.31. The molecule has 3 aliphatic heterocycles. The van der Waals surface area contributed by atoms with E-state index in [0.717, 1.165) is 0 Å². The van der Waals surface area contributed by atoms with Crippen LogP contribution < -0.4 is 20.1 Å². The summed E-state index contributed by atoms with van der Waals surface area (Å²) in [7, 11) is 0. The first kappa shape index (κ1) is 21.7. The summed E-state index contributed by atoms with van der Waals surface area (Å²) < 4.78 is 11.4. The van der Waals surface area contributed by atoms with Crippen LogP contribution in [0.2, 0.25) is 0 Å². The van der Waals surface area contributed by atoms with Gasteiger partial charge in [-0.15, -0.1) is 0 Å². The van der Waals surface area contributed by atoms with Gasteiger partial charge in [-0.05, 0) is 24.3 Å². The first-order chi connectivity index (χ1) is 16.5. The largest absolute Gasteiger partial charge is 0.485 e. The number of nitrogens with one attached hydrogen (secondary N) is 2. The van der Waals surface area contributed by atoms with Crippen molar-refractivity contribution in [1.82, 2.24) is 15.1 Å². The number of anilines is 1. The Bertz CT molecular complexity index is 1140. The fourth-order valence-corrected chi connectivity index (χ4v) is 4.28. The Morgan fingerprint density at radius 1 is 0.912 bits per heavy atom. The third-order valence-electron chi connectivity index (χ3n) is 6.16. The van der Waals surface area contributed by atoms with Crippen LogP contribution >= 0.6 is 0 Å². The molecule has 0 bridgehead atoms. The summed E-state index contributed by atoms with van der Waals surface area (Å²) in [5.74, 6) is -0.139. The molecule has 2 N–H and O–H groups in total. The highest BCUT2D eigenvalue weighted by atomic mass is 16.6. The Morgan fingerprint density at radius 3 is 2.38 bits per heavy atom. The lowest BCUT2D eigenvalue weighted by atomic mass is 10.1. The molecule has 0 radical (unpaired) electrons. The Balaban J connectivity index is 1.15. The summed E-state index contributed by atoms with van der Waals surface area (Å²) in [6.45, 7) is 1.49. The summed E-state index contributed by atoms with van der Waals surface area (Å²) in [5, 5.41) is 5.34. The molecule has 2 aromatic carbocycles. The van der Waals surface area contributed by atoms with E-state index in [9.17, 15) is 19.2 Å². The molecule has 0 spiro atoms. The number of carbonyl (C=O) groups excluding carboxylic acids is 4. The maximum absolute atomic E-state index is 12.9. The van der Waals surface area contributed by atoms with Gasteiger partial charge in [-0.25, -0.2) is 0 Å². The van der Waals surface area contributed by atoms with Gasteiger partial charge in [0.1, 0.15) is 12.6 Å². The van der Waals surface area contributed by atoms with Crippen LogP contribution in [-0.4, -0.2) is 78.4 Å². The maximum Gasteiger partial charge on any atom is 0.267 e. The lowest BCUT2D eigenvalue weighted by Gasteiger charge is -2.37. The van der Waals surface area contributed by atoms with Gasteiger partial charge in [0, 0.05) is 26.2 Å². The summed E-state index contributed by atoms with van der Waals surface area (Å²) in [4.78, 5) is 54.1. The summed E-state index contributed by atoms with van der Waals surface area (Å²) >= 11 is 0. The van der Waals surface area contributed by atoms with Crippen LogP contribution in [0.5, 0.6) is 11.5 Å². The highest BCUT2D eigenvalue weighted by Gasteiger charge is 2.35. The molecule has 2 aromatic rings. The standard InChI is InChI=1S/C24H24N4O6/c29-21(13-17-23(31)25-16-6-2-1-5-15(16)22(30)26-17)27-9-11-28(12-10-27)24(32)20-14-33-18-7-3-4-8-19(18)34-20/h1-8,17,20H,9-14H2,(H,25,31)(H,26,30)/t17-,20-/m0/s1. The number of rotatable bonds is 3. The zero-order valence-corrected chi connectivity index (χ0v) is 18.4. The van der Waals surface area contributed by atoms with E-state index in [1.165, 1.54) is 0 Å². The Hall–Kier alpha value is -4.08. The molecule has 10 heteroatoms. The van der Waals surface area contributed by atoms with E-state index in [0.29, 0.717) is 48.9 Å². The van der Waals surface area contributed by atoms with E-state index in [1.807, 2.05) is 12.1 Å². The van der Waals surface area contributed by atoms with Crippen molar-refractivity contribution in [2.24, 2.45) is 0 Å². The zero-order valence-electron chi connectivity index (χ0n) is 18.4. The molecule has 0 unspecified atom stereocenters. The van der Waals surface area contributed by atoms with Crippen LogP contribution in [-0.2, 0) is 14.4 Å². The molecule has 176 valence electrons. The molecule has 5 rings (SSSR count). The maximum atomic E-state index is 12.9.